The Hall–Kier alpha value is -1.63. The molecule has 0 aliphatic rings. The average Bonchev–Trinajstić information content (AvgIpc) is 2.59. The van der Waals surface area contributed by atoms with E-state index in [0.29, 0.717) is 19.8 Å². The van der Waals surface area contributed by atoms with Gasteiger partial charge in [0.1, 0.15) is 0 Å². The van der Waals surface area contributed by atoms with Crippen LogP contribution in [0, 0.1) is 0 Å². The second-order valence-corrected chi connectivity index (χ2v) is 2.50. The minimum absolute atomic E-state index is 0.0555. The molecule has 14 heavy (non-hydrogen) atoms. The molecule has 0 bridgehead atoms. The number of H-pyrrole nitrogens is 1. The van der Waals surface area contributed by atoms with Gasteiger partial charge in [-0.1, -0.05) is 0 Å². The third kappa shape index (κ3) is 3.02. The minimum Gasteiger partial charge on any atom is -0.380 e. The summed E-state index contributed by atoms with van der Waals surface area (Å²) in [5.74, 6) is -0.173. The normalized spacial score (nSPS) is 10.1. The fraction of sp³-hybridized carbons (Fsp3) is 0.571. The standard InChI is InChI=1S/C7H13N5O2/c1-2-14-4-3-9-6(13)5-10-7(8)12-11-5/h2-4H2,1H3,(H,9,13)(H3,8,10,11,12). The Bertz CT molecular complexity index is 298. The van der Waals surface area contributed by atoms with Crippen molar-refractivity contribution in [2.75, 3.05) is 25.5 Å². The molecule has 7 nitrogen and oxygen atoms in total. The largest absolute Gasteiger partial charge is 0.380 e. The molecule has 1 aromatic heterocycles. The first kappa shape index (κ1) is 10.5. The van der Waals surface area contributed by atoms with Crippen molar-refractivity contribution < 1.29 is 9.53 Å². The summed E-state index contributed by atoms with van der Waals surface area (Å²) in [6, 6.07) is 0. The lowest BCUT2D eigenvalue weighted by atomic mass is 10.5. The van der Waals surface area contributed by atoms with E-state index in [2.05, 4.69) is 20.5 Å². The zero-order valence-electron chi connectivity index (χ0n) is 7.91. The van der Waals surface area contributed by atoms with Crippen molar-refractivity contribution in [3.05, 3.63) is 5.82 Å². The number of aromatic nitrogens is 3. The van der Waals surface area contributed by atoms with Gasteiger partial charge in [0.2, 0.25) is 11.8 Å². The SMILES string of the molecule is CCOCCNC(=O)c1nc(N)n[nH]1. The third-order valence-corrected chi connectivity index (χ3v) is 1.45. The second kappa shape index (κ2) is 5.18. The number of nitrogens with zero attached hydrogens (tertiary/aromatic N) is 2. The number of ether oxygens (including phenoxy) is 1. The number of hydrogen-bond acceptors (Lipinski definition) is 5. The summed E-state index contributed by atoms with van der Waals surface area (Å²) in [7, 11) is 0. The molecule has 1 aromatic rings. The predicted octanol–water partition coefficient (Wildman–Crippen LogP) is -0.847. The van der Waals surface area contributed by atoms with Gasteiger partial charge in [-0.25, -0.2) is 0 Å². The Morgan fingerprint density at radius 1 is 1.71 bits per heavy atom. The van der Waals surface area contributed by atoms with Gasteiger partial charge in [-0.3, -0.25) is 9.89 Å². The first-order chi connectivity index (χ1) is 6.74. The summed E-state index contributed by atoms with van der Waals surface area (Å²) in [6.45, 7) is 3.43. The lowest BCUT2D eigenvalue weighted by Crippen LogP contribution is -2.28. The number of aromatic amines is 1. The molecule has 1 heterocycles. The number of hydrogen-bond donors (Lipinski definition) is 3. The highest BCUT2D eigenvalue weighted by molar-refractivity contribution is 5.90. The van der Waals surface area contributed by atoms with Crippen LogP contribution in [-0.2, 0) is 4.74 Å². The fourth-order valence-corrected chi connectivity index (χ4v) is 0.841. The highest BCUT2D eigenvalue weighted by Gasteiger charge is 2.08. The summed E-state index contributed by atoms with van der Waals surface area (Å²) in [5.41, 5.74) is 5.23. The van der Waals surface area contributed by atoms with E-state index in [1.165, 1.54) is 0 Å². The molecule has 78 valence electrons. The topological polar surface area (TPSA) is 106 Å². The van der Waals surface area contributed by atoms with Crippen LogP contribution in [0.2, 0.25) is 0 Å². The van der Waals surface area contributed by atoms with E-state index < -0.39 is 0 Å². The molecule has 0 aromatic carbocycles. The van der Waals surface area contributed by atoms with Gasteiger partial charge in [-0.15, -0.1) is 5.10 Å². The van der Waals surface area contributed by atoms with Gasteiger partial charge in [0.05, 0.1) is 6.61 Å². The second-order valence-electron chi connectivity index (χ2n) is 2.50. The molecule has 4 N–H and O–H groups in total. The molecule has 1 amide bonds. The van der Waals surface area contributed by atoms with Gasteiger partial charge < -0.3 is 15.8 Å². The molecule has 0 unspecified atom stereocenters. The number of nitrogens with one attached hydrogen (secondary N) is 2. The third-order valence-electron chi connectivity index (χ3n) is 1.45. The molecular formula is C7H13N5O2. The lowest BCUT2D eigenvalue weighted by molar-refractivity contribution is 0.0913. The van der Waals surface area contributed by atoms with E-state index in [9.17, 15) is 4.79 Å². The van der Waals surface area contributed by atoms with Crippen molar-refractivity contribution in [2.45, 2.75) is 6.92 Å². The summed E-state index contributed by atoms with van der Waals surface area (Å²) >= 11 is 0. The van der Waals surface area contributed by atoms with E-state index in [4.69, 9.17) is 10.5 Å². The van der Waals surface area contributed by atoms with E-state index in [-0.39, 0.29) is 17.7 Å². The Kier molecular flexibility index (Phi) is 3.86. The number of carbonyl (C=O) groups excluding carboxylic acids is 1. The maximum atomic E-state index is 11.3. The highest BCUT2D eigenvalue weighted by atomic mass is 16.5. The number of anilines is 1. The lowest BCUT2D eigenvalue weighted by Gasteiger charge is -2.01. The molecule has 1 rings (SSSR count). The number of rotatable bonds is 5. The first-order valence-corrected chi connectivity index (χ1v) is 4.28. The number of nitrogens with two attached hydrogens (primary N) is 1. The van der Waals surface area contributed by atoms with E-state index >= 15 is 0 Å². The summed E-state index contributed by atoms with van der Waals surface area (Å²) in [6.07, 6.45) is 0. The van der Waals surface area contributed by atoms with E-state index in [0.717, 1.165) is 0 Å². The summed E-state index contributed by atoms with van der Waals surface area (Å²) < 4.78 is 5.04. The molecule has 0 aliphatic carbocycles. The van der Waals surface area contributed by atoms with E-state index in [1.807, 2.05) is 6.92 Å². The van der Waals surface area contributed by atoms with Gasteiger partial charge in [-0.2, -0.15) is 4.98 Å². The van der Waals surface area contributed by atoms with Crippen LogP contribution < -0.4 is 11.1 Å². The number of nitrogen functional groups attached to an aromatic ring is 1. The van der Waals surface area contributed by atoms with Gasteiger partial charge in [-0.05, 0) is 6.92 Å². The molecule has 7 heteroatoms. The maximum absolute atomic E-state index is 11.3. The Morgan fingerprint density at radius 3 is 3.07 bits per heavy atom. The molecule has 0 spiro atoms. The van der Waals surface area contributed by atoms with E-state index in [1.54, 1.807) is 0 Å². The molecular weight excluding hydrogens is 186 g/mol. The monoisotopic (exact) mass is 199 g/mol. The quantitative estimate of drug-likeness (QED) is 0.536. The van der Waals surface area contributed by atoms with Crippen molar-refractivity contribution in [3.8, 4) is 0 Å². The fourth-order valence-electron chi connectivity index (χ4n) is 0.841. The highest BCUT2D eigenvalue weighted by Crippen LogP contribution is 1.91. The van der Waals surface area contributed by atoms with Crippen LogP contribution >= 0.6 is 0 Å². The first-order valence-electron chi connectivity index (χ1n) is 4.28. The molecule has 0 saturated heterocycles. The number of amides is 1. The van der Waals surface area contributed by atoms with Crippen LogP contribution in [0.3, 0.4) is 0 Å². The Balaban J connectivity index is 2.29. The predicted molar refractivity (Wildman–Crippen MR) is 49.6 cm³/mol. The smallest absolute Gasteiger partial charge is 0.288 e. The molecule has 0 radical (unpaired) electrons. The molecule has 0 fully saturated rings. The van der Waals surface area contributed by atoms with Crippen molar-refractivity contribution in [3.63, 3.8) is 0 Å². The summed E-state index contributed by atoms with van der Waals surface area (Å²) in [5, 5.41) is 8.53. The minimum atomic E-state index is -0.339. The van der Waals surface area contributed by atoms with Gasteiger partial charge in [0, 0.05) is 13.2 Å². The Morgan fingerprint density at radius 2 is 2.50 bits per heavy atom. The van der Waals surface area contributed by atoms with Crippen LogP contribution in [-0.4, -0.2) is 40.8 Å². The molecule has 0 aliphatic heterocycles. The van der Waals surface area contributed by atoms with Crippen molar-refractivity contribution >= 4 is 11.9 Å². The zero-order chi connectivity index (χ0) is 10.4. The maximum Gasteiger partial charge on any atom is 0.288 e. The number of carbonyl (C=O) groups is 1. The van der Waals surface area contributed by atoms with Gasteiger partial charge in [0.25, 0.3) is 5.91 Å². The molecule has 0 saturated carbocycles. The summed E-state index contributed by atoms with van der Waals surface area (Å²) in [4.78, 5) is 14.9. The van der Waals surface area contributed by atoms with Crippen molar-refractivity contribution in [1.29, 1.82) is 0 Å². The van der Waals surface area contributed by atoms with Crippen LogP contribution in [0.5, 0.6) is 0 Å². The van der Waals surface area contributed by atoms with Crippen LogP contribution in [0.25, 0.3) is 0 Å². The van der Waals surface area contributed by atoms with Crippen molar-refractivity contribution in [2.24, 2.45) is 0 Å². The zero-order valence-corrected chi connectivity index (χ0v) is 7.91. The van der Waals surface area contributed by atoms with Crippen LogP contribution in [0.1, 0.15) is 17.5 Å². The van der Waals surface area contributed by atoms with Gasteiger partial charge in [0.15, 0.2) is 0 Å². The molecule has 0 atom stereocenters. The van der Waals surface area contributed by atoms with Gasteiger partial charge >= 0.3 is 0 Å². The van der Waals surface area contributed by atoms with Crippen molar-refractivity contribution in [1.82, 2.24) is 20.5 Å². The van der Waals surface area contributed by atoms with Crippen LogP contribution in [0.15, 0.2) is 0 Å². The average molecular weight is 199 g/mol. The van der Waals surface area contributed by atoms with Crippen LogP contribution in [0.4, 0.5) is 5.95 Å². The Labute approximate surface area is 81.0 Å².